The number of carbonyl (C=O) groups is 1. The molecule has 2 aromatic rings. The summed E-state index contributed by atoms with van der Waals surface area (Å²) in [6.07, 6.45) is 2.41. The van der Waals surface area contributed by atoms with Crippen molar-refractivity contribution in [3.8, 4) is 0 Å². The lowest BCUT2D eigenvalue weighted by Crippen LogP contribution is -2.18. The number of benzene rings is 2. The summed E-state index contributed by atoms with van der Waals surface area (Å²) in [5.41, 5.74) is 2.55. The van der Waals surface area contributed by atoms with E-state index in [1.54, 1.807) is 31.2 Å². The van der Waals surface area contributed by atoms with E-state index in [0.717, 1.165) is 18.8 Å². The standard InChI is InChI=1S/C18H19N3O3/c1-13-16(5-4-6-17(13)21(23)24)19-18(22)14-7-9-15(10-8-14)20-11-2-3-12-20/h4-10H,2-3,11-12H2,1H3,(H,19,22). The second-order valence-corrected chi connectivity index (χ2v) is 5.90. The van der Waals surface area contributed by atoms with Crippen LogP contribution in [0.1, 0.15) is 28.8 Å². The molecule has 124 valence electrons. The fourth-order valence-corrected chi connectivity index (χ4v) is 2.95. The van der Waals surface area contributed by atoms with Crippen molar-refractivity contribution in [3.63, 3.8) is 0 Å². The molecule has 1 aliphatic rings. The number of hydrogen-bond donors (Lipinski definition) is 1. The van der Waals surface area contributed by atoms with E-state index >= 15 is 0 Å². The third kappa shape index (κ3) is 3.22. The molecule has 1 aliphatic heterocycles. The van der Waals surface area contributed by atoms with E-state index < -0.39 is 4.92 Å². The molecule has 24 heavy (non-hydrogen) atoms. The Morgan fingerprint density at radius 2 is 1.79 bits per heavy atom. The van der Waals surface area contributed by atoms with Crippen LogP contribution in [0.2, 0.25) is 0 Å². The smallest absolute Gasteiger partial charge is 0.274 e. The molecule has 0 spiro atoms. The van der Waals surface area contributed by atoms with Gasteiger partial charge in [-0.2, -0.15) is 0 Å². The third-order valence-corrected chi connectivity index (χ3v) is 4.35. The van der Waals surface area contributed by atoms with Crippen LogP contribution in [-0.4, -0.2) is 23.9 Å². The number of nitro benzene ring substituents is 1. The number of amides is 1. The Kier molecular flexibility index (Phi) is 4.46. The highest BCUT2D eigenvalue weighted by molar-refractivity contribution is 6.05. The lowest BCUT2D eigenvalue weighted by molar-refractivity contribution is -0.385. The van der Waals surface area contributed by atoms with Crippen LogP contribution in [0.4, 0.5) is 17.1 Å². The first-order valence-electron chi connectivity index (χ1n) is 7.96. The fourth-order valence-electron chi connectivity index (χ4n) is 2.95. The number of anilines is 2. The van der Waals surface area contributed by atoms with Gasteiger partial charge in [0.1, 0.15) is 0 Å². The van der Waals surface area contributed by atoms with Crippen LogP contribution in [0.3, 0.4) is 0 Å². The number of nitro groups is 1. The Hall–Kier alpha value is -2.89. The van der Waals surface area contributed by atoms with Gasteiger partial charge in [0.15, 0.2) is 0 Å². The van der Waals surface area contributed by atoms with Gasteiger partial charge < -0.3 is 10.2 Å². The summed E-state index contributed by atoms with van der Waals surface area (Å²) in [6.45, 7) is 3.74. The average molecular weight is 325 g/mol. The van der Waals surface area contributed by atoms with E-state index in [4.69, 9.17) is 0 Å². The predicted octanol–water partition coefficient (Wildman–Crippen LogP) is 3.76. The SMILES string of the molecule is Cc1c(NC(=O)c2ccc(N3CCCC3)cc2)cccc1[N+](=O)[O-]. The van der Waals surface area contributed by atoms with Crippen LogP contribution in [0.5, 0.6) is 0 Å². The molecule has 1 heterocycles. The van der Waals surface area contributed by atoms with E-state index in [9.17, 15) is 14.9 Å². The molecule has 1 saturated heterocycles. The first kappa shape index (κ1) is 16.0. The summed E-state index contributed by atoms with van der Waals surface area (Å²) in [4.78, 5) is 25.2. The summed E-state index contributed by atoms with van der Waals surface area (Å²) in [5, 5.41) is 13.7. The zero-order chi connectivity index (χ0) is 17.1. The maximum atomic E-state index is 12.4. The molecule has 6 nitrogen and oxygen atoms in total. The molecule has 1 fully saturated rings. The minimum Gasteiger partial charge on any atom is -0.372 e. The number of nitrogens with zero attached hydrogens (tertiary/aromatic N) is 2. The zero-order valence-electron chi connectivity index (χ0n) is 13.5. The molecular weight excluding hydrogens is 306 g/mol. The third-order valence-electron chi connectivity index (χ3n) is 4.35. The maximum absolute atomic E-state index is 12.4. The van der Waals surface area contributed by atoms with Crippen molar-refractivity contribution in [3.05, 3.63) is 63.7 Å². The number of nitrogens with one attached hydrogen (secondary N) is 1. The van der Waals surface area contributed by atoms with Crippen LogP contribution in [-0.2, 0) is 0 Å². The van der Waals surface area contributed by atoms with Gasteiger partial charge in [0.2, 0.25) is 0 Å². The summed E-state index contributed by atoms with van der Waals surface area (Å²) in [5.74, 6) is -0.272. The lowest BCUT2D eigenvalue weighted by atomic mass is 10.1. The van der Waals surface area contributed by atoms with E-state index in [1.165, 1.54) is 18.9 Å². The molecule has 0 unspecified atom stereocenters. The molecule has 3 rings (SSSR count). The Morgan fingerprint density at radius 1 is 1.12 bits per heavy atom. The summed E-state index contributed by atoms with van der Waals surface area (Å²) in [6, 6.07) is 12.1. The summed E-state index contributed by atoms with van der Waals surface area (Å²) in [7, 11) is 0. The molecule has 1 amide bonds. The topological polar surface area (TPSA) is 75.5 Å². The van der Waals surface area contributed by atoms with Crippen molar-refractivity contribution in [2.24, 2.45) is 0 Å². The monoisotopic (exact) mass is 325 g/mol. The van der Waals surface area contributed by atoms with Crippen molar-refractivity contribution in [2.45, 2.75) is 19.8 Å². The lowest BCUT2D eigenvalue weighted by Gasteiger charge is -2.17. The van der Waals surface area contributed by atoms with Gasteiger partial charge in [-0.05, 0) is 50.1 Å². The quantitative estimate of drug-likeness (QED) is 0.686. The van der Waals surface area contributed by atoms with Gasteiger partial charge in [0.25, 0.3) is 11.6 Å². The van der Waals surface area contributed by atoms with Gasteiger partial charge in [-0.25, -0.2) is 0 Å². The molecule has 2 aromatic carbocycles. The Bertz CT molecular complexity index is 766. The second kappa shape index (κ2) is 6.70. The summed E-state index contributed by atoms with van der Waals surface area (Å²) < 4.78 is 0. The number of rotatable bonds is 4. The predicted molar refractivity (Wildman–Crippen MR) is 93.7 cm³/mol. The Balaban J connectivity index is 1.75. The van der Waals surface area contributed by atoms with Gasteiger partial charge in [-0.1, -0.05) is 6.07 Å². The van der Waals surface area contributed by atoms with Crippen LogP contribution < -0.4 is 10.2 Å². The normalized spacial score (nSPS) is 13.8. The molecule has 0 bridgehead atoms. The minimum atomic E-state index is -0.449. The first-order valence-corrected chi connectivity index (χ1v) is 7.96. The van der Waals surface area contributed by atoms with Crippen LogP contribution in [0.15, 0.2) is 42.5 Å². The first-order chi connectivity index (χ1) is 11.6. The number of hydrogen-bond acceptors (Lipinski definition) is 4. The molecule has 0 aromatic heterocycles. The van der Waals surface area contributed by atoms with Crippen molar-refractivity contribution in [1.82, 2.24) is 0 Å². The molecule has 0 atom stereocenters. The van der Waals surface area contributed by atoms with Gasteiger partial charge in [0.05, 0.1) is 16.2 Å². The molecule has 0 radical (unpaired) electrons. The van der Waals surface area contributed by atoms with Gasteiger partial charge in [-0.15, -0.1) is 0 Å². The minimum absolute atomic E-state index is 0.00261. The van der Waals surface area contributed by atoms with Gasteiger partial charge in [-0.3, -0.25) is 14.9 Å². The molecular formula is C18H19N3O3. The molecule has 1 N–H and O–H groups in total. The van der Waals surface area contributed by atoms with Crippen LogP contribution in [0.25, 0.3) is 0 Å². The highest BCUT2D eigenvalue weighted by atomic mass is 16.6. The van der Waals surface area contributed by atoms with Crippen molar-refractivity contribution in [2.75, 3.05) is 23.3 Å². The largest absolute Gasteiger partial charge is 0.372 e. The van der Waals surface area contributed by atoms with Crippen molar-refractivity contribution >= 4 is 23.0 Å². The number of carbonyl (C=O) groups excluding carboxylic acids is 1. The van der Waals surface area contributed by atoms with E-state index in [0.29, 0.717) is 16.8 Å². The zero-order valence-corrected chi connectivity index (χ0v) is 13.5. The van der Waals surface area contributed by atoms with Gasteiger partial charge >= 0.3 is 0 Å². The highest BCUT2D eigenvalue weighted by Crippen LogP contribution is 2.26. The van der Waals surface area contributed by atoms with E-state index in [-0.39, 0.29) is 11.6 Å². The Morgan fingerprint density at radius 3 is 2.42 bits per heavy atom. The molecule has 0 aliphatic carbocycles. The van der Waals surface area contributed by atoms with Crippen LogP contribution >= 0.6 is 0 Å². The second-order valence-electron chi connectivity index (χ2n) is 5.90. The van der Waals surface area contributed by atoms with Crippen molar-refractivity contribution in [1.29, 1.82) is 0 Å². The fraction of sp³-hybridized carbons (Fsp3) is 0.278. The van der Waals surface area contributed by atoms with Gasteiger partial charge in [0, 0.05) is 30.4 Å². The molecule has 0 saturated carbocycles. The van der Waals surface area contributed by atoms with E-state index in [2.05, 4.69) is 10.2 Å². The van der Waals surface area contributed by atoms with E-state index in [1.807, 2.05) is 12.1 Å². The highest BCUT2D eigenvalue weighted by Gasteiger charge is 2.16. The molecule has 6 heteroatoms. The van der Waals surface area contributed by atoms with Crippen LogP contribution in [0, 0.1) is 17.0 Å². The van der Waals surface area contributed by atoms with Crippen molar-refractivity contribution < 1.29 is 9.72 Å². The average Bonchev–Trinajstić information content (AvgIpc) is 3.11. The Labute approximate surface area is 140 Å². The summed E-state index contributed by atoms with van der Waals surface area (Å²) >= 11 is 0. The maximum Gasteiger partial charge on any atom is 0.274 e.